The normalized spacial score (nSPS) is 14.3. The molecule has 1 heterocycles. The fourth-order valence-corrected chi connectivity index (χ4v) is 2.20. The van der Waals surface area contributed by atoms with E-state index in [0.717, 1.165) is 30.7 Å². The van der Waals surface area contributed by atoms with Crippen molar-refractivity contribution in [3.05, 3.63) is 65.7 Å². The molecule has 3 heteroatoms. The van der Waals surface area contributed by atoms with Gasteiger partial charge in [-0.15, -0.1) is 0 Å². The maximum absolute atomic E-state index is 10.6. The molecule has 0 aromatic heterocycles. The third-order valence-corrected chi connectivity index (χ3v) is 3.24. The largest absolute Gasteiger partial charge is 0.298 e. The standard InChI is InChI=1S/C16H14N2O/c19-12-13-6-8-15(9-7-13)18-11-10-16(17-18)14-4-2-1-3-5-14/h1-9,12H,10-11H2. The molecule has 2 aromatic carbocycles. The lowest BCUT2D eigenvalue weighted by Crippen LogP contribution is -2.11. The van der Waals surface area contributed by atoms with Crippen LogP contribution in [0.25, 0.3) is 0 Å². The summed E-state index contributed by atoms with van der Waals surface area (Å²) in [5, 5.41) is 6.63. The van der Waals surface area contributed by atoms with E-state index in [1.807, 2.05) is 47.5 Å². The minimum Gasteiger partial charge on any atom is -0.298 e. The van der Waals surface area contributed by atoms with Gasteiger partial charge in [-0.3, -0.25) is 9.80 Å². The van der Waals surface area contributed by atoms with Crippen molar-refractivity contribution in [2.45, 2.75) is 6.42 Å². The summed E-state index contributed by atoms with van der Waals surface area (Å²) in [5.41, 5.74) is 4.00. The number of carbonyl (C=O) groups excluding carboxylic acids is 1. The molecule has 1 aliphatic heterocycles. The van der Waals surface area contributed by atoms with E-state index in [2.05, 4.69) is 17.2 Å². The summed E-state index contributed by atoms with van der Waals surface area (Å²) in [7, 11) is 0. The molecular formula is C16H14N2O. The summed E-state index contributed by atoms with van der Waals surface area (Å²) < 4.78 is 0. The van der Waals surface area contributed by atoms with Crippen LogP contribution in [0.1, 0.15) is 22.3 Å². The van der Waals surface area contributed by atoms with Crippen molar-refractivity contribution in [1.29, 1.82) is 0 Å². The lowest BCUT2D eigenvalue weighted by molar-refractivity contribution is 0.112. The Morgan fingerprint density at radius 3 is 2.42 bits per heavy atom. The number of nitrogens with zero attached hydrogens (tertiary/aromatic N) is 2. The third-order valence-electron chi connectivity index (χ3n) is 3.24. The van der Waals surface area contributed by atoms with Gasteiger partial charge in [0.25, 0.3) is 0 Å². The first-order valence-corrected chi connectivity index (χ1v) is 6.32. The first-order valence-electron chi connectivity index (χ1n) is 6.32. The molecule has 3 nitrogen and oxygen atoms in total. The second-order valence-corrected chi connectivity index (χ2v) is 4.50. The zero-order valence-electron chi connectivity index (χ0n) is 10.5. The Balaban J connectivity index is 1.84. The molecule has 0 saturated heterocycles. The zero-order valence-corrected chi connectivity index (χ0v) is 10.5. The molecule has 94 valence electrons. The van der Waals surface area contributed by atoms with Crippen LogP contribution in [0.2, 0.25) is 0 Å². The SMILES string of the molecule is O=Cc1ccc(N2CCC(c3ccccc3)=N2)cc1. The Labute approximate surface area is 112 Å². The molecule has 0 unspecified atom stereocenters. The van der Waals surface area contributed by atoms with Gasteiger partial charge in [-0.2, -0.15) is 5.10 Å². The van der Waals surface area contributed by atoms with Crippen molar-refractivity contribution in [2.24, 2.45) is 5.10 Å². The molecule has 2 aromatic rings. The molecule has 19 heavy (non-hydrogen) atoms. The predicted molar refractivity (Wildman–Crippen MR) is 76.8 cm³/mol. The van der Waals surface area contributed by atoms with Crippen molar-refractivity contribution in [3.8, 4) is 0 Å². The second kappa shape index (κ2) is 5.06. The Morgan fingerprint density at radius 1 is 1.00 bits per heavy atom. The fourth-order valence-electron chi connectivity index (χ4n) is 2.20. The molecule has 0 aliphatic carbocycles. The minimum atomic E-state index is 0.690. The van der Waals surface area contributed by atoms with E-state index in [-0.39, 0.29) is 0 Å². The van der Waals surface area contributed by atoms with Crippen LogP contribution in [-0.2, 0) is 0 Å². The Kier molecular flexibility index (Phi) is 3.11. The van der Waals surface area contributed by atoms with Crippen molar-refractivity contribution in [2.75, 3.05) is 11.6 Å². The lowest BCUT2D eigenvalue weighted by Gasteiger charge is -2.13. The molecule has 0 radical (unpaired) electrons. The monoisotopic (exact) mass is 250 g/mol. The van der Waals surface area contributed by atoms with E-state index in [9.17, 15) is 4.79 Å². The molecular weight excluding hydrogens is 236 g/mol. The minimum absolute atomic E-state index is 0.690. The number of hydrogen-bond donors (Lipinski definition) is 0. The first-order chi connectivity index (χ1) is 9.36. The van der Waals surface area contributed by atoms with Crippen molar-refractivity contribution < 1.29 is 4.79 Å². The summed E-state index contributed by atoms with van der Waals surface area (Å²) in [5.74, 6) is 0. The number of aldehydes is 1. The molecule has 0 bridgehead atoms. The van der Waals surface area contributed by atoms with Gasteiger partial charge in [0, 0.05) is 18.5 Å². The van der Waals surface area contributed by atoms with Crippen LogP contribution in [-0.4, -0.2) is 18.5 Å². The van der Waals surface area contributed by atoms with Crippen molar-refractivity contribution in [1.82, 2.24) is 0 Å². The topological polar surface area (TPSA) is 32.7 Å². The van der Waals surface area contributed by atoms with Gasteiger partial charge in [0.05, 0.1) is 11.4 Å². The highest BCUT2D eigenvalue weighted by Crippen LogP contribution is 2.21. The Morgan fingerprint density at radius 2 is 1.74 bits per heavy atom. The van der Waals surface area contributed by atoms with E-state index in [4.69, 9.17) is 0 Å². The summed E-state index contributed by atoms with van der Waals surface area (Å²) in [6.45, 7) is 0.880. The highest BCUT2D eigenvalue weighted by molar-refractivity contribution is 6.02. The van der Waals surface area contributed by atoms with Gasteiger partial charge in [-0.1, -0.05) is 30.3 Å². The number of benzene rings is 2. The van der Waals surface area contributed by atoms with Crippen LogP contribution in [0.3, 0.4) is 0 Å². The molecule has 0 spiro atoms. The van der Waals surface area contributed by atoms with Gasteiger partial charge in [-0.25, -0.2) is 0 Å². The van der Waals surface area contributed by atoms with Crippen molar-refractivity contribution >= 4 is 17.7 Å². The average Bonchev–Trinajstić information content (AvgIpc) is 2.98. The van der Waals surface area contributed by atoms with Crippen LogP contribution in [0.4, 0.5) is 5.69 Å². The highest BCUT2D eigenvalue weighted by atomic mass is 16.1. The van der Waals surface area contributed by atoms with Gasteiger partial charge in [-0.05, 0) is 29.8 Å². The number of hydrogen-bond acceptors (Lipinski definition) is 3. The summed E-state index contributed by atoms with van der Waals surface area (Å²) in [6.07, 6.45) is 1.80. The molecule has 0 fully saturated rings. The number of carbonyl (C=O) groups is 1. The van der Waals surface area contributed by atoms with Gasteiger partial charge >= 0.3 is 0 Å². The van der Waals surface area contributed by atoms with Crippen LogP contribution < -0.4 is 5.01 Å². The number of anilines is 1. The fraction of sp³-hybridized carbons (Fsp3) is 0.125. The predicted octanol–water partition coefficient (Wildman–Crippen LogP) is 3.11. The molecule has 3 rings (SSSR count). The Bertz CT molecular complexity index is 602. The van der Waals surface area contributed by atoms with Crippen LogP contribution in [0.15, 0.2) is 59.7 Å². The lowest BCUT2D eigenvalue weighted by atomic mass is 10.1. The molecule has 1 aliphatic rings. The first kappa shape index (κ1) is 11.7. The maximum atomic E-state index is 10.6. The van der Waals surface area contributed by atoms with Crippen LogP contribution >= 0.6 is 0 Å². The van der Waals surface area contributed by atoms with Gasteiger partial charge in [0.2, 0.25) is 0 Å². The summed E-state index contributed by atoms with van der Waals surface area (Å²) in [6, 6.07) is 17.7. The van der Waals surface area contributed by atoms with Gasteiger partial charge in [0.1, 0.15) is 6.29 Å². The highest BCUT2D eigenvalue weighted by Gasteiger charge is 2.16. The van der Waals surface area contributed by atoms with E-state index < -0.39 is 0 Å². The van der Waals surface area contributed by atoms with Gasteiger partial charge in [0.15, 0.2) is 0 Å². The van der Waals surface area contributed by atoms with Crippen LogP contribution in [0.5, 0.6) is 0 Å². The van der Waals surface area contributed by atoms with E-state index in [1.54, 1.807) is 0 Å². The maximum Gasteiger partial charge on any atom is 0.150 e. The number of hydrazone groups is 1. The van der Waals surface area contributed by atoms with E-state index >= 15 is 0 Å². The second-order valence-electron chi connectivity index (χ2n) is 4.50. The van der Waals surface area contributed by atoms with Crippen LogP contribution in [0, 0.1) is 0 Å². The quantitative estimate of drug-likeness (QED) is 0.784. The molecule has 0 N–H and O–H groups in total. The average molecular weight is 250 g/mol. The summed E-state index contributed by atoms with van der Waals surface area (Å²) in [4.78, 5) is 10.6. The third kappa shape index (κ3) is 2.40. The van der Waals surface area contributed by atoms with Gasteiger partial charge < -0.3 is 0 Å². The summed E-state index contributed by atoms with van der Waals surface area (Å²) >= 11 is 0. The van der Waals surface area contributed by atoms with Crippen molar-refractivity contribution in [3.63, 3.8) is 0 Å². The van der Waals surface area contributed by atoms with E-state index in [0.29, 0.717) is 5.56 Å². The van der Waals surface area contributed by atoms with E-state index in [1.165, 1.54) is 5.56 Å². The smallest absolute Gasteiger partial charge is 0.150 e. The Hall–Kier alpha value is -2.42. The molecule has 0 atom stereocenters. The number of rotatable bonds is 3. The molecule has 0 amide bonds. The molecule has 0 saturated carbocycles. The zero-order chi connectivity index (χ0) is 13.1.